The van der Waals surface area contributed by atoms with Crippen LogP contribution in [-0.2, 0) is 20.0 Å². The van der Waals surface area contributed by atoms with Gasteiger partial charge >= 0.3 is 0 Å². The quantitative estimate of drug-likeness (QED) is 0.504. The highest BCUT2D eigenvalue weighted by atomic mass is 32.2. The largest absolute Gasteiger partial charge is 0.289 e. The average Bonchev–Trinajstić information content (AvgIpc) is 2.61. The number of hydrogen-bond donors (Lipinski definition) is 2. The molecule has 11 heteroatoms. The summed E-state index contributed by atoms with van der Waals surface area (Å²) in [6.45, 7) is 3.57. The molecule has 9 nitrogen and oxygen atoms in total. The van der Waals surface area contributed by atoms with Gasteiger partial charge in [-0.15, -0.1) is 0 Å². The zero-order valence-corrected chi connectivity index (χ0v) is 16.2. The molecule has 0 aromatic heterocycles. The number of benzene rings is 2. The van der Waals surface area contributed by atoms with Crippen molar-refractivity contribution in [1.29, 1.82) is 0 Å². The number of hydrogen-bond acceptors (Lipinski definition) is 6. The van der Waals surface area contributed by atoms with Gasteiger partial charge in [-0.05, 0) is 43.7 Å². The van der Waals surface area contributed by atoms with Gasteiger partial charge in [-0.1, -0.05) is 19.1 Å². The van der Waals surface area contributed by atoms with Crippen molar-refractivity contribution >= 4 is 31.4 Å². The first-order valence-corrected chi connectivity index (χ1v) is 10.9. The molecule has 0 amide bonds. The van der Waals surface area contributed by atoms with Crippen LogP contribution in [0, 0.1) is 10.1 Å². The number of anilines is 1. The van der Waals surface area contributed by atoms with Gasteiger partial charge in [-0.2, -0.15) is 0 Å². The molecule has 27 heavy (non-hydrogen) atoms. The van der Waals surface area contributed by atoms with Gasteiger partial charge in [0.1, 0.15) is 0 Å². The number of nitrogens with one attached hydrogen (secondary N) is 2. The predicted molar refractivity (Wildman–Crippen MR) is 100 cm³/mol. The lowest BCUT2D eigenvalue weighted by Gasteiger charge is -2.13. The minimum absolute atomic E-state index is 0.0172. The van der Waals surface area contributed by atoms with Crippen molar-refractivity contribution in [1.82, 2.24) is 4.72 Å². The van der Waals surface area contributed by atoms with Crippen LogP contribution < -0.4 is 9.44 Å². The Morgan fingerprint density at radius 2 is 1.59 bits per heavy atom. The summed E-state index contributed by atoms with van der Waals surface area (Å²) < 4.78 is 54.0. The van der Waals surface area contributed by atoms with E-state index in [2.05, 4.69) is 9.44 Å². The normalized spacial score (nSPS) is 13.1. The SMILES string of the molecule is CC[C@H](C)NS(=O)(=O)c1ccc(NS(=O)(=O)c2ccccc2[N+](=O)[O-])cc1. The van der Waals surface area contributed by atoms with E-state index in [1.165, 1.54) is 36.4 Å². The van der Waals surface area contributed by atoms with E-state index in [0.29, 0.717) is 6.42 Å². The van der Waals surface area contributed by atoms with Crippen molar-refractivity contribution in [2.24, 2.45) is 0 Å². The Labute approximate surface area is 157 Å². The Hall–Kier alpha value is -2.50. The zero-order valence-electron chi connectivity index (χ0n) is 14.6. The molecule has 0 aliphatic heterocycles. The van der Waals surface area contributed by atoms with Crippen molar-refractivity contribution < 1.29 is 21.8 Å². The first kappa shape index (κ1) is 20.8. The van der Waals surface area contributed by atoms with Gasteiger partial charge < -0.3 is 0 Å². The van der Waals surface area contributed by atoms with E-state index in [9.17, 15) is 26.9 Å². The molecular weight excluding hydrogens is 394 g/mol. The number of nitro groups is 1. The number of nitrogens with zero attached hydrogens (tertiary/aromatic N) is 1. The molecule has 0 saturated carbocycles. The van der Waals surface area contributed by atoms with Gasteiger partial charge in [-0.3, -0.25) is 14.8 Å². The Morgan fingerprint density at radius 3 is 2.15 bits per heavy atom. The lowest BCUT2D eigenvalue weighted by molar-refractivity contribution is -0.387. The minimum atomic E-state index is -4.22. The Morgan fingerprint density at radius 1 is 1.00 bits per heavy atom. The highest BCUT2D eigenvalue weighted by molar-refractivity contribution is 7.93. The van der Waals surface area contributed by atoms with Gasteiger partial charge in [0.05, 0.1) is 9.82 Å². The van der Waals surface area contributed by atoms with Crippen LogP contribution in [0.2, 0.25) is 0 Å². The highest BCUT2D eigenvalue weighted by Crippen LogP contribution is 2.25. The highest BCUT2D eigenvalue weighted by Gasteiger charge is 2.25. The van der Waals surface area contributed by atoms with Gasteiger partial charge in [0.25, 0.3) is 15.7 Å². The van der Waals surface area contributed by atoms with Crippen LogP contribution in [0.3, 0.4) is 0 Å². The summed E-state index contributed by atoms with van der Waals surface area (Å²) in [7, 11) is -7.94. The first-order valence-electron chi connectivity index (χ1n) is 7.95. The lowest BCUT2D eigenvalue weighted by Crippen LogP contribution is -2.31. The fraction of sp³-hybridized carbons (Fsp3) is 0.250. The van der Waals surface area contributed by atoms with E-state index in [0.717, 1.165) is 12.1 Å². The fourth-order valence-electron chi connectivity index (χ4n) is 2.16. The van der Waals surface area contributed by atoms with Crippen LogP contribution in [0.5, 0.6) is 0 Å². The second-order valence-electron chi connectivity index (χ2n) is 5.79. The Kier molecular flexibility index (Phi) is 6.19. The smallest absolute Gasteiger partial charge is 0.279 e. The van der Waals surface area contributed by atoms with Crippen LogP contribution in [0.25, 0.3) is 0 Å². The molecule has 146 valence electrons. The van der Waals surface area contributed by atoms with Crippen molar-refractivity contribution in [2.75, 3.05) is 4.72 Å². The van der Waals surface area contributed by atoms with E-state index >= 15 is 0 Å². The molecule has 0 unspecified atom stereocenters. The van der Waals surface area contributed by atoms with Crippen LogP contribution in [0.15, 0.2) is 58.3 Å². The fourth-order valence-corrected chi connectivity index (χ4v) is 4.72. The summed E-state index contributed by atoms with van der Waals surface area (Å²) in [4.78, 5) is 9.74. The van der Waals surface area contributed by atoms with Crippen molar-refractivity contribution in [3.63, 3.8) is 0 Å². The average molecular weight is 413 g/mol. The molecule has 0 bridgehead atoms. The minimum Gasteiger partial charge on any atom is -0.279 e. The number of rotatable bonds is 8. The third-order valence-corrected chi connectivity index (χ3v) is 6.77. The molecule has 0 heterocycles. The zero-order chi connectivity index (χ0) is 20.2. The van der Waals surface area contributed by atoms with Gasteiger partial charge in [0, 0.05) is 17.8 Å². The summed E-state index contributed by atoms with van der Waals surface area (Å²) >= 11 is 0. The number of para-hydroxylation sites is 1. The Bertz CT molecular complexity index is 1030. The van der Waals surface area contributed by atoms with E-state index in [1.54, 1.807) is 6.92 Å². The topological polar surface area (TPSA) is 135 Å². The van der Waals surface area contributed by atoms with Crippen molar-refractivity contribution in [3.05, 3.63) is 58.6 Å². The molecule has 2 N–H and O–H groups in total. The Balaban J connectivity index is 2.28. The second-order valence-corrected chi connectivity index (χ2v) is 9.15. The van der Waals surface area contributed by atoms with Crippen molar-refractivity contribution in [2.45, 2.75) is 36.1 Å². The molecule has 2 rings (SSSR count). The first-order chi connectivity index (χ1) is 12.6. The molecule has 0 saturated heterocycles. The summed E-state index contributed by atoms with van der Waals surface area (Å²) in [6, 6.07) is 9.75. The molecule has 0 aliphatic carbocycles. The summed E-state index contributed by atoms with van der Waals surface area (Å²) in [5, 5.41) is 11.0. The molecule has 2 aromatic rings. The molecule has 0 spiro atoms. The van der Waals surface area contributed by atoms with Gasteiger partial charge in [0.15, 0.2) is 4.90 Å². The van der Waals surface area contributed by atoms with Crippen LogP contribution in [-0.4, -0.2) is 27.8 Å². The van der Waals surface area contributed by atoms with E-state index < -0.39 is 35.6 Å². The van der Waals surface area contributed by atoms with Gasteiger partial charge in [0.2, 0.25) is 10.0 Å². The van der Waals surface area contributed by atoms with Crippen molar-refractivity contribution in [3.8, 4) is 0 Å². The molecule has 0 radical (unpaired) electrons. The third kappa shape index (κ3) is 5.02. The van der Waals surface area contributed by atoms with E-state index in [-0.39, 0.29) is 16.6 Å². The van der Waals surface area contributed by atoms with E-state index in [1.807, 2.05) is 6.92 Å². The molecule has 0 aliphatic rings. The second kappa shape index (κ2) is 8.03. The maximum Gasteiger partial charge on any atom is 0.289 e. The van der Waals surface area contributed by atoms with Crippen LogP contribution in [0.1, 0.15) is 20.3 Å². The summed E-state index contributed by atoms with van der Waals surface area (Å²) in [6.07, 6.45) is 0.618. The molecule has 2 aromatic carbocycles. The summed E-state index contributed by atoms with van der Waals surface area (Å²) in [5.41, 5.74) is -0.474. The maximum absolute atomic E-state index is 12.4. The maximum atomic E-state index is 12.4. The van der Waals surface area contributed by atoms with E-state index in [4.69, 9.17) is 0 Å². The monoisotopic (exact) mass is 413 g/mol. The summed E-state index contributed by atoms with van der Waals surface area (Å²) in [5.74, 6) is 0. The third-order valence-electron chi connectivity index (χ3n) is 3.74. The molecule has 1 atom stereocenters. The standard InChI is InChI=1S/C16H19N3O6S2/c1-3-12(2)17-26(22,23)14-10-8-13(9-11-14)18-27(24,25)16-7-5-4-6-15(16)19(20)21/h4-12,17-18H,3H2,1-2H3/t12-/m0/s1. The van der Waals surface area contributed by atoms with Crippen LogP contribution in [0.4, 0.5) is 11.4 Å². The van der Waals surface area contributed by atoms with Gasteiger partial charge in [-0.25, -0.2) is 21.6 Å². The van der Waals surface area contributed by atoms with Crippen LogP contribution >= 0.6 is 0 Å². The lowest BCUT2D eigenvalue weighted by atomic mass is 10.3. The number of sulfonamides is 2. The molecule has 0 fully saturated rings. The molecular formula is C16H19N3O6S2. The number of nitro benzene ring substituents is 1. The predicted octanol–water partition coefficient (Wildman–Crippen LogP) is 2.47.